The second kappa shape index (κ2) is 5.13. The number of nitrogens with zero attached hydrogens (tertiary/aromatic N) is 1. The summed E-state index contributed by atoms with van der Waals surface area (Å²) < 4.78 is 0. The van der Waals surface area contributed by atoms with Crippen LogP contribution in [0.1, 0.15) is 25.0 Å². The Morgan fingerprint density at radius 1 is 1.42 bits per heavy atom. The molecule has 0 saturated heterocycles. The van der Waals surface area contributed by atoms with Gasteiger partial charge in [-0.15, -0.1) is 0 Å². The first kappa shape index (κ1) is 13.7. The summed E-state index contributed by atoms with van der Waals surface area (Å²) in [5.74, 6) is 0.143. The van der Waals surface area contributed by atoms with Crippen LogP contribution in [0.5, 0.6) is 0 Å². The number of rotatable bonds is 5. The highest BCUT2D eigenvalue weighted by atomic mass is 16.2. The molecule has 0 bridgehead atoms. The molecule has 0 aliphatic carbocycles. The SMILES string of the molecule is CN1C(=O)Cc2cc(C(C)(C)CNCC=O)ccc21. The third kappa shape index (κ3) is 2.68. The highest BCUT2D eigenvalue weighted by Crippen LogP contribution is 2.32. The van der Waals surface area contributed by atoms with Crippen molar-refractivity contribution in [2.45, 2.75) is 25.7 Å². The Labute approximate surface area is 113 Å². The van der Waals surface area contributed by atoms with E-state index in [0.717, 1.165) is 24.1 Å². The maximum atomic E-state index is 11.7. The minimum Gasteiger partial charge on any atom is -0.315 e. The molecule has 2 rings (SSSR count). The lowest BCUT2D eigenvalue weighted by molar-refractivity contribution is -0.117. The molecule has 1 heterocycles. The zero-order chi connectivity index (χ0) is 14.0. The lowest BCUT2D eigenvalue weighted by Gasteiger charge is -2.26. The molecule has 1 N–H and O–H groups in total. The predicted octanol–water partition coefficient (Wildman–Crippen LogP) is 1.27. The fourth-order valence-corrected chi connectivity index (χ4v) is 2.44. The van der Waals surface area contributed by atoms with Crippen LogP contribution in [0.25, 0.3) is 0 Å². The van der Waals surface area contributed by atoms with Gasteiger partial charge >= 0.3 is 0 Å². The van der Waals surface area contributed by atoms with Crippen LogP contribution in [-0.2, 0) is 21.4 Å². The van der Waals surface area contributed by atoms with Crippen molar-refractivity contribution < 1.29 is 9.59 Å². The molecule has 0 radical (unpaired) electrons. The van der Waals surface area contributed by atoms with Gasteiger partial charge in [0.1, 0.15) is 6.29 Å². The summed E-state index contributed by atoms with van der Waals surface area (Å²) in [6, 6.07) is 6.19. The van der Waals surface area contributed by atoms with Crippen molar-refractivity contribution in [3.05, 3.63) is 29.3 Å². The summed E-state index contributed by atoms with van der Waals surface area (Å²) >= 11 is 0. The zero-order valence-electron chi connectivity index (χ0n) is 11.7. The molecule has 0 unspecified atom stereocenters. The maximum absolute atomic E-state index is 11.7. The third-order valence-electron chi connectivity index (χ3n) is 3.73. The first-order valence-electron chi connectivity index (χ1n) is 6.50. The van der Waals surface area contributed by atoms with Gasteiger partial charge in [-0.1, -0.05) is 26.0 Å². The largest absolute Gasteiger partial charge is 0.315 e. The number of amides is 1. The quantitative estimate of drug-likeness (QED) is 0.641. The Hall–Kier alpha value is -1.68. The molecule has 4 heteroatoms. The van der Waals surface area contributed by atoms with Crippen LogP contribution in [0.15, 0.2) is 18.2 Å². The van der Waals surface area contributed by atoms with Crippen molar-refractivity contribution in [2.24, 2.45) is 0 Å². The van der Waals surface area contributed by atoms with Gasteiger partial charge in [-0.05, 0) is 17.2 Å². The average Bonchev–Trinajstić information content (AvgIpc) is 2.65. The van der Waals surface area contributed by atoms with E-state index < -0.39 is 0 Å². The van der Waals surface area contributed by atoms with E-state index in [1.165, 1.54) is 5.56 Å². The van der Waals surface area contributed by atoms with Crippen molar-refractivity contribution in [1.29, 1.82) is 0 Å². The number of nitrogens with one attached hydrogen (secondary N) is 1. The number of anilines is 1. The average molecular weight is 260 g/mol. The molecule has 0 saturated carbocycles. The molecule has 19 heavy (non-hydrogen) atoms. The first-order chi connectivity index (χ1) is 8.95. The highest BCUT2D eigenvalue weighted by Gasteiger charge is 2.27. The molecule has 0 fully saturated rings. The smallest absolute Gasteiger partial charge is 0.231 e. The summed E-state index contributed by atoms with van der Waals surface area (Å²) in [5.41, 5.74) is 3.22. The Morgan fingerprint density at radius 3 is 2.84 bits per heavy atom. The highest BCUT2D eigenvalue weighted by molar-refractivity contribution is 6.00. The minimum atomic E-state index is -0.0672. The van der Waals surface area contributed by atoms with Crippen molar-refractivity contribution >= 4 is 17.9 Å². The number of carbonyl (C=O) groups is 2. The molecule has 1 aromatic rings. The van der Waals surface area contributed by atoms with Crippen molar-refractivity contribution in [2.75, 3.05) is 25.0 Å². The van der Waals surface area contributed by atoms with Crippen LogP contribution in [-0.4, -0.2) is 32.3 Å². The first-order valence-corrected chi connectivity index (χ1v) is 6.50. The number of hydrogen-bond acceptors (Lipinski definition) is 3. The number of fused-ring (bicyclic) bond motifs is 1. The van der Waals surface area contributed by atoms with Gasteiger partial charge in [-0.25, -0.2) is 0 Å². The number of hydrogen-bond donors (Lipinski definition) is 1. The van der Waals surface area contributed by atoms with E-state index in [2.05, 4.69) is 31.3 Å². The molecule has 1 aromatic carbocycles. The van der Waals surface area contributed by atoms with Crippen molar-refractivity contribution in [3.63, 3.8) is 0 Å². The van der Waals surface area contributed by atoms with Crippen LogP contribution >= 0.6 is 0 Å². The van der Waals surface area contributed by atoms with Crippen molar-refractivity contribution in [1.82, 2.24) is 5.32 Å². The van der Waals surface area contributed by atoms with Gasteiger partial charge in [0.2, 0.25) is 5.91 Å². The van der Waals surface area contributed by atoms with E-state index in [4.69, 9.17) is 0 Å². The summed E-state index contributed by atoms with van der Waals surface area (Å²) in [4.78, 5) is 23.7. The maximum Gasteiger partial charge on any atom is 0.231 e. The van der Waals surface area contributed by atoms with E-state index in [1.807, 2.05) is 13.1 Å². The van der Waals surface area contributed by atoms with E-state index in [0.29, 0.717) is 13.0 Å². The summed E-state index contributed by atoms with van der Waals surface area (Å²) in [6.45, 7) is 5.37. The third-order valence-corrected chi connectivity index (χ3v) is 3.73. The predicted molar refractivity (Wildman–Crippen MR) is 75.5 cm³/mol. The van der Waals surface area contributed by atoms with Gasteiger partial charge < -0.3 is 15.0 Å². The lowest BCUT2D eigenvalue weighted by Crippen LogP contribution is -2.33. The van der Waals surface area contributed by atoms with Crippen LogP contribution in [0.2, 0.25) is 0 Å². The van der Waals surface area contributed by atoms with E-state index in [-0.39, 0.29) is 11.3 Å². The standard InChI is InChI=1S/C15H20N2O2/c1-15(2,10-16-6-7-18)12-4-5-13-11(8-12)9-14(19)17(13)3/h4-5,7-8,16H,6,9-10H2,1-3H3. The Bertz CT molecular complexity index is 509. The minimum absolute atomic E-state index is 0.0672. The molecule has 0 atom stereocenters. The fourth-order valence-electron chi connectivity index (χ4n) is 2.44. The molecular weight excluding hydrogens is 240 g/mol. The van der Waals surface area contributed by atoms with Gasteiger partial charge in [-0.2, -0.15) is 0 Å². The fraction of sp³-hybridized carbons (Fsp3) is 0.467. The van der Waals surface area contributed by atoms with Gasteiger partial charge in [0, 0.05) is 24.7 Å². The van der Waals surface area contributed by atoms with Gasteiger partial charge in [0.15, 0.2) is 0 Å². The number of likely N-dealkylation sites (N-methyl/N-ethyl adjacent to an activating group) is 1. The van der Waals surface area contributed by atoms with E-state index in [9.17, 15) is 9.59 Å². The summed E-state index contributed by atoms with van der Waals surface area (Å²) in [5, 5.41) is 3.11. The molecule has 4 nitrogen and oxygen atoms in total. The Balaban J connectivity index is 2.20. The van der Waals surface area contributed by atoms with Gasteiger partial charge in [-0.3, -0.25) is 4.79 Å². The van der Waals surface area contributed by atoms with E-state index >= 15 is 0 Å². The number of benzene rings is 1. The molecule has 1 aliphatic heterocycles. The van der Waals surface area contributed by atoms with Crippen molar-refractivity contribution in [3.8, 4) is 0 Å². The van der Waals surface area contributed by atoms with E-state index in [1.54, 1.807) is 4.90 Å². The Kier molecular flexibility index (Phi) is 3.71. The van der Waals surface area contributed by atoms with Crippen LogP contribution in [0, 0.1) is 0 Å². The Morgan fingerprint density at radius 2 is 2.16 bits per heavy atom. The van der Waals surface area contributed by atoms with Crippen LogP contribution in [0.3, 0.4) is 0 Å². The molecule has 1 amide bonds. The summed E-state index contributed by atoms with van der Waals surface area (Å²) in [7, 11) is 1.81. The second-order valence-electron chi connectivity index (χ2n) is 5.65. The van der Waals surface area contributed by atoms with Gasteiger partial charge in [0.25, 0.3) is 0 Å². The lowest BCUT2D eigenvalue weighted by atomic mass is 9.83. The van der Waals surface area contributed by atoms with Crippen LogP contribution in [0.4, 0.5) is 5.69 Å². The molecule has 0 spiro atoms. The molecular formula is C15H20N2O2. The molecule has 1 aliphatic rings. The zero-order valence-corrected chi connectivity index (χ0v) is 11.7. The van der Waals surface area contributed by atoms with Crippen LogP contribution < -0.4 is 10.2 Å². The molecule has 0 aromatic heterocycles. The topological polar surface area (TPSA) is 49.4 Å². The second-order valence-corrected chi connectivity index (χ2v) is 5.65. The van der Waals surface area contributed by atoms with Gasteiger partial charge in [0.05, 0.1) is 13.0 Å². The number of carbonyl (C=O) groups excluding carboxylic acids is 2. The molecule has 102 valence electrons. The monoisotopic (exact) mass is 260 g/mol. The number of aldehydes is 1. The summed E-state index contributed by atoms with van der Waals surface area (Å²) in [6.07, 6.45) is 1.35. The normalized spacial score (nSPS) is 14.7.